The zero-order valence-electron chi connectivity index (χ0n) is 21.1. The van der Waals surface area contributed by atoms with Gasteiger partial charge in [0.2, 0.25) is 0 Å². The Morgan fingerprint density at radius 3 is 2.68 bits per heavy atom. The lowest BCUT2D eigenvalue weighted by molar-refractivity contribution is -0.223. The molecule has 2 fully saturated rings. The van der Waals surface area contributed by atoms with Gasteiger partial charge in [0.25, 0.3) is 0 Å². The van der Waals surface area contributed by atoms with E-state index in [9.17, 15) is 9.50 Å². The molecule has 2 saturated heterocycles. The Kier molecular flexibility index (Phi) is 6.87. The standard InChI is InChI=1S/C30H34FN3O3/c31-27-16-21(17-28-29(27)37-14-13-36-28)15-25(20-33-10-3-4-11-33)32-30(35)24-9-12-34(19-24)26-8-7-22-5-1-2-6-23(22)18-26/h1-2,5-8,16-18,24-25H,3-4,9-15,19-20H2,(H,32,35)/p-1/t24-,25?/m1/s1. The van der Waals surface area contributed by atoms with E-state index >= 15 is 0 Å². The normalized spacial score (nSPS) is 21.1. The van der Waals surface area contributed by atoms with Crippen LogP contribution in [0.25, 0.3) is 10.8 Å². The fourth-order valence-corrected chi connectivity index (χ4v) is 5.82. The molecule has 3 aliphatic rings. The third-order valence-corrected chi connectivity index (χ3v) is 7.74. The lowest BCUT2D eigenvalue weighted by Gasteiger charge is -2.27. The summed E-state index contributed by atoms with van der Waals surface area (Å²) in [6, 6.07) is 17.9. The Hall–Kier alpha value is -3.32. The van der Waals surface area contributed by atoms with E-state index in [1.165, 1.54) is 29.7 Å². The number of benzene rings is 3. The first-order chi connectivity index (χ1) is 18.1. The molecule has 3 aromatic carbocycles. The number of likely N-dealkylation sites (tertiary alicyclic amines) is 1. The van der Waals surface area contributed by atoms with Gasteiger partial charge < -0.3 is 29.4 Å². The predicted molar refractivity (Wildman–Crippen MR) is 142 cm³/mol. The van der Waals surface area contributed by atoms with Crippen LogP contribution in [0.1, 0.15) is 24.8 Å². The van der Waals surface area contributed by atoms with E-state index in [2.05, 4.69) is 46.2 Å². The van der Waals surface area contributed by atoms with Crippen molar-refractivity contribution in [2.24, 2.45) is 10.9 Å². The van der Waals surface area contributed by atoms with E-state index in [0.29, 0.717) is 38.5 Å². The monoisotopic (exact) mass is 502 g/mol. The molecule has 7 heteroatoms. The van der Waals surface area contributed by atoms with E-state index < -0.39 is 5.82 Å². The summed E-state index contributed by atoms with van der Waals surface area (Å²) in [5.41, 5.74) is 1.93. The summed E-state index contributed by atoms with van der Waals surface area (Å²) in [4.78, 5) is 9.39. The van der Waals surface area contributed by atoms with Crippen molar-refractivity contribution in [3.05, 3.63) is 66.0 Å². The Bertz CT molecular complexity index is 1290. The minimum atomic E-state index is -0.416. The quantitative estimate of drug-likeness (QED) is 0.361. The van der Waals surface area contributed by atoms with Crippen molar-refractivity contribution in [1.82, 2.24) is 4.90 Å². The molecule has 0 N–H and O–H groups in total. The molecular formula is C30H33FN3O3-. The Balaban J connectivity index is 1.19. The Morgan fingerprint density at radius 2 is 1.81 bits per heavy atom. The molecule has 37 heavy (non-hydrogen) atoms. The molecule has 0 amide bonds. The van der Waals surface area contributed by atoms with Crippen LogP contribution < -0.4 is 19.5 Å². The van der Waals surface area contributed by atoms with Crippen LogP contribution in [0.4, 0.5) is 10.1 Å². The molecule has 0 aliphatic carbocycles. The summed E-state index contributed by atoms with van der Waals surface area (Å²) < 4.78 is 25.7. The molecule has 3 heterocycles. The number of halogens is 1. The number of fused-ring (bicyclic) bond motifs is 2. The van der Waals surface area contributed by atoms with Crippen LogP contribution in [0.15, 0.2) is 59.6 Å². The molecule has 1 unspecified atom stereocenters. The second-order valence-electron chi connectivity index (χ2n) is 10.4. The Morgan fingerprint density at radius 1 is 1.00 bits per heavy atom. The molecule has 3 aliphatic heterocycles. The highest BCUT2D eigenvalue weighted by Crippen LogP contribution is 2.35. The highest BCUT2D eigenvalue weighted by atomic mass is 19.1. The van der Waals surface area contributed by atoms with Gasteiger partial charge >= 0.3 is 0 Å². The predicted octanol–water partition coefficient (Wildman–Crippen LogP) is 4.04. The lowest BCUT2D eigenvalue weighted by atomic mass is 10.0. The maximum atomic E-state index is 14.7. The molecule has 6 rings (SSSR count). The summed E-state index contributed by atoms with van der Waals surface area (Å²) >= 11 is 0. The van der Waals surface area contributed by atoms with Crippen LogP contribution >= 0.6 is 0 Å². The molecular weight excluding hydrogens is 469 g/mol. The molecule has 0 aromatic heterocycles. The van der Waals surface area contributed by atoms with Gasteiger partial charge in [0.15, 0.2) is 17.3 Å². The highest BCUT2D eigenvalue weighted by molar-refractivity contribution is 5.86. The van der Waals surface area contributed by atoms with Crippen LogP contribution in [0, 0.1) is 11.7 Å². The molecule has 0 saturated carbocycles. The number of rotatable bonds is 7. The number of hydrogen-bond donors (Lipinski definition) is 0. The van der Waals surface area contributed by atoms with Gasteiger partial charge in [-0.05, 0) is 85.3 Å². The molecule has 6 nitrogen and oxygen atoms in total. The maximum Gasteiger partial charge on any atom is 0.197 e. The smallest absolute Gasteiger partial charge is 0.197 e. The number of hydrogen-bond acceptors (Lipinski definition) is 6. The van der Waals surface area contributed by atoms with E-state index in [4.69, 9.17) is 14.5 Å². The number of ether oxygens (including phenoxy) is 2. The van der Waals surface area contributed by atoms with Crippen LogP contribution in [0.5, 0.6) is 11.5 Å². The van der Waals surface area contributed by atoms with Crippen molar-refractivity contribution < 1.29 is 19.0 Å². The molecule has 2 atom stereocenters. The summed E-state index contributed by atoms with van der Waals surface area (Å²) in [6.45, 7) is 5.03. The average molecular weight is 503 g/mol. The highest BCUT2D eigenvalue weighted by Gasteiger charge is 2.25. The fourth-order valence-electron chi connectivity index (χ4n) is 5.82. The lowest BCUT2D eigenvalue weighted by Crippen LogP contribution is -2.36. The number of nitrogens with zero attached hydrogens (tertiary/aromatic N) is 3. The van der Waals surface area contributed by atoms with Crippen molar-refractivity contribution in [3.63, 3.8) is 0 Å². The van der Waals surface area contributed by atoms with E-state index in [-0.39, 0.29) is 23.6 Å². The average Bonchev–Trinajstić information content (AvgIpc) is 3.61. The minimum Gasteiger partial charge on any atom is -0.862 e. The van der Waals surface area contributed by atoms with Crippen molar-refractivity contribution in [1.29, 1.82) is 0 Å². The molecule has 0 bridgehead atoms. The fraction of sp³-hybridized carbons (Fsp3) is 0.433. The largest absolute Gasteiger partial charge is 0.862 e. The van der Waals surface area contributed by atoms with Crippen LogP contribution in [0.3, 0.4) is 0 Å². The second-order valence-corrected chi connectivity index (χ2v) is 10.4. The van der Waals surface area contributed by atoms with Gasteiger partial charge in [0.05, 0.1) is 6.04 Å². The summed E-state index contributed by atoms with van der Waals surface area (Å²) in [5.74, 6) is 0.0449. The summed E-state index contributed by atoms with van der Waals surface area (Å²) in [6.07, 6.45) is 3.63. The van der Waals surface area contributed by atoms with Gasteiger partial charge in [-0.3, -0.25) is 0 Å². The van der Waals surface area contributed by atoms with Crippen molar-refractivity contribution in [2.75, 3.05) is 50.8 Å². The third-order valence-electron chi connectivity index (χ3n) is 7.74. The number of aliphatic imine (C=N–C) groups is 1. The van der Waals surface area contributed by atoms with Gasteiger partial charge in [-0.25, -0.2) is 4.39 Å². The first-order valence-corrected chi connectivity index (χ1v) is 13.4. The van der Waals surface area contributed by atoms with Gasteiger partial charge in [0.1, 0.15) is 13.2 Å². The zero-order chi connectivity index (χ0) is 25.2. The molecule has 194 valence electrons. The molecule has 0 spiro atoms. The Labute approximate surface area is 217 Å². The van der Waals surface area contributed by atoms with Gasteiger partial charge in [-0.2, -0.15) is 0 Å². The van der Waals surface area contributed by atoms with Crippen molar-refractivity contribution in [2.45, 2.75) is 31.7 Å². The van der Waals surface area contributed by atoms with Crippen LogP contribution in [-0.2, 0) is 6.42 Å². The van der Waals surface area contributed by atoms with Gasteiger partial charge in [-0.1, -0.05) is 30.3 Å². The minimum absolute atomic E-state index is 0.0366. The van der Waals surface area contributed by atoms with Crippen molar-refractivity contribution >= 4 is 22.4 Å². The summed E-state index contributed by atoms with van der Waals surface area (Å²) in [7, 11) is 0. The second kappa shape index (κ2) is 10.6. The summed E-state index contributed by atoms with van der Waals surface area (Å²) in [5, 5.41) is 15.8. The first kappa shape index (κ1) is 24.0. The van der Waals surface area contributed by atoms with E-state index in [1.54, 1.807) is 0 Å². The number of anilines is 1. The van der Waals surface area contributed by atoms with Crippen LogP contribution in [0.2, 0.25) is 0 Å². The molecule has 0 radical (unpaired) electrons. The van der Waals surface area contributed by atoms with Crippen LogP contribution in [-0.4, -0.2) is 62.8 Å². The van der Waals surface area contributed by atoms with E-state index in [0.717, 1.165) is 37.3 Å². The van der Waals surface area contributed by atoms with Gasteiger partial charge in [-0.15, -0.1) is 0 Å². The zero-order valence-corrected chi connectivity index (χ0v) is 21.1. The third kappa shape index (κ3) is 5.37. The topological polar surface area (TPSA) is 60.4 Å². The maximum absolute atomic E-state index is 14.7. The SMILES string of the molecule is [O-]C(=NC(Cc1cc(F)c2c(c1)OCCO2)CN1CCCC1)[C@@H]1CCN(c2ccc3ccccc3c2)C1. The van der Waals surface area contributed by atoms with Gasteiger partial charge in [0, 0.05) is 31.2 Å². The van der Waals surface area contributed by atoms with Crippen molar-refractivity contribution in [3.8, 4) is 11.5 Å². The van der Waals surface area contributed by atoms with E-state index in [1.807, 2.05) is 12.1 Å². The first-order valence-electron chi connectivity index (χ1n) is 13.4. The molecule has 3 aromatic rings.